The summed E-state index contributed by atoms with van der Waals surface area (Å²) in [5.74, 6) is -0.821. The van der Waals surface area contributed by atoms with Crippen molar-refractivity contribution < 1.29 is 9.90 Å². The number of benzene rings is 1. The van der Waals surface area contributed by atoms with Gasteiger partial charge in [0.05, 0.1) is 16.8 Å². The molecule has 0 aliphatic carbocycles. The van der Waals surface area contributed by atoms with E-state index >= 15 is 0 Å². The van der Waals surface area contributed by atoms with Crippen molar-refractivity contribution in [2.45, 2.75) is 19.9 Å². The number of aromatic nitrogens is 4. The van der Waals surface area contributed by atoms with Crippen LogP contribution in [-0.4, -0.2) is 31.3 Å². The summed E-state index contributed by atoms with van der Waals surface area (Å²) in [6, 6.07) is 9.75. The number of tetrazole rings is 1. The van der Waals surface area contributed by atoms with E-state index in [9.17, 15) is 4.79 Å². The molecule has 0 amide bonds. The molecule has 2 aromatic heterocycles. The SMILES string of the molecule is CC(C(=O)O)C(C)n1nnnc1-c1cc2ccccc2s1. The molecule has 108 valence electrons. The minimum absolute atomic E-state index is 0.322. The van der Waals surface area contributed by atoms with Gasteiger partial charge in [-0.15, -0.1) is 16.4 Å². The van der Waals surface area contributed by atoms with Gasteiger partial charge >= 0.3 is 5.97 Å². The number of hydrogen-bond acceptors (Lipinski definition) is 5. The smallest absolute Gasteiger partial charge is 0.308 e. The number of carbonyl (C=O) groups is 1. The zero-order valence-corrected chi connectivity index (χ0v) is 12.4. The van der Waals surface area contributed by atoms with Gasteiger partial charge in [-0.25, -0.2) is 4.68 Å². The van der Waals surface area contributed by atoms with Crippen molar-refractivity contribution in [1.29, 1.82) is 0 Å². The number of fused-ring (bicyclic) bond motifs is 1. The molecule has 0 radical (unpaired) electrons. The fourth-order valence-corrected chi connectivity index (χ4v) is 3.18. The summed E-state index contributed by atoms with van der Waals surface area (Å²) < 4.78 is 2.74. The Kier molecular flexibility index (Phi) is 3.42. The topological polar surface area (TPSA) is 80.9 Å². The van der Waals surface area contributed by atoms with E-state index in [1.807, 2.05) is 37.3 Å². The predicted octanol–water partition coefficient (Wildman–Crippen LogP) is 2.84. The van der Waals surface area contributed by atoms with Gasteiger partial charge in [-0.3, -0.25) is 4.79 Å². The van der Waals surface area contributed by atoms with Crippen LogP contribution in [0.3, 0.4) is 0 Å². The summed E-state index contributed by atoms with van der Waals surface area (Å²) >= 11 is 1.60. The van der Waals surface area contributed by atoms with Crippen LogP contribution in [0, 0.1) is 5.92 Å². The average Bonchev–Trinajstić information content (AvgIpc) is 3.11. The molecule has 2 unspecified atom stereocenters. The summed E-state index contributed by atoms with van der Waals surface area (Å²) in [7, 11) is 0. The first kappa shape index (κ1) is 13.7. The molecule has 3 aromatic rings. The Labute approximate surface area is 125 Å². The van der Waals surface area contributed by atoms with Crippen LogP contribution in [0.2, 0.25) is 0 Å². The van der Waals surface area contributed by atoms with Crippen LogP contribution in [0.5, 0.6) is 0 Å². The highest BCUT2D eigenvalue weighted by atomic mass is 32.1. The van der Waals surface area contributed by atoms with Crippen LogP contribution in [-0.2, 0) is 4.79 Å². The molecule has 0 aliphatic rings. The molecule has 2 atom stereocenters. The minimum atomic E-state index is -0.861. The zero-order chi connectivity index (χ0) is 15.0. The van der Waals surface area contributed by atoms with Crippen LogP contribution in [0.25, 0.3) is 20.8 Å². The highest BCUT2D eigenvalue weighted by molar-refractivity contribution is 7.22. The van der Waals surface area contributed by atoms with E-state index in [4.69, 9.17) is 5.11 Å². The lowest BCUT2D eigenvalue weighted by Crippen LogP contribution is -2.23. The molecular formula is C14H14N4O2S. The average molecular weight is 302 g/mol. The van der Waals surface area contributed by atoms with Crippen LogP contribution in [0.4, 0.5) is 0 Å². The molecule has 2 heterocycles. The molecule has 0 saturated heterocycles. The maximum Gasteiger partial charge on any atom is 0.308 e. The van der Waals surface area contributed by atoms with E-state index in [0.717, 1.165) is 15.0 Å². The number of carboxylic acid groups (broad SMARTS) is 1. The highest BCUT2D eigenvalue weighted by Gasteiger charge is 2.25. The van der Waals surface area contributed by atoms with Gasteiger partial charge in [-0.05, 0) is 41.8 Å². The van der Waals surface area contributed by atoms with Crippen LogP contribution in [0.15, 0.2) is 30.3 Å². The van der Waals surface area contributed by atoms with Gasteiger partial charge in [0.25, 0.3) is 0 Å². The van der Waals surface area contributed by atoms with Crippen molar-refractivity contribution in [2.24, 2.45) is 5.92 Å². The first-order valence-electron chi connectivity index (χ1n) is 6.57. The van der Waals surface area contributed by atoms with E-state index < -0.39 is 11.9 Å². The third-order valence-corrected chi connectivity index (χ3v) is 4.75. The van der Waals surface area contributed by atoms with Crippen LogP contribution in [0.1, 0.15) is 19.9 Å². The third-order valence-electron chi connectivity index (χ3n) is 3.64. The van der Waals surface area contributed by atoms with Crippen LogP contribution >= 0.6 is 11.3 Å². The van der Waals surface area contributed by atoms with Crippen molar-refractivity contribution in [3.05, 3.63) is 30.3 Å². The Morgan fingerprint density at radius 3 is 2.81 bits per heavy atom. The van der Waals surface area contributed by atoms with Gasteiger partial charge in [-0.1, -0.05) is 18.2 Å². The zero-order valence-electron chi connectivity index (χ0n) is 11.6. The Morgan fingerprint density at radius 2 is 2.10 bits per heavy atom. The van der Waals surface area contributed by atoms with Gasteiger partial charge in [0.1, 0.15) is 0 Å². The first-order chi connectivity index (χ1) is 10.1. The van der Waals surface area contributed by atoms with E-state index in [1.165, 1.54) is 0 Å². The molecule has 6 nitrogen and oxygen atoms in total. The summed E-state index contributed by atoms with van der Waals surface area (Å²) in [5, 5.41) is 22.0. The number of carboxylic acids is 1. The maximum absolute atomic E-state index is 11.1. The van der Waals surface area contributed by atoms with Crippen molar-refractivity contribution in [3.8, 4) is 10.7 Å². The molecular weight excluding hydrogens is 288 g/mol. The lowest BCUT2D eigenvalue weighted by Gasteiger charge is -2.16. The van der Waals surface area contributed by atoms with Gasteiger partial charge in [-0.2, -0.15) is 0 Å². The molecule has 0 aliphatic heterocycles. The second-order valence-electron chi connectivity index (χ2n) is 4.96. The summed E-state index contributed by atoms with van der Waals surface area (Å²) in [6.07, 6.45) is 0. The maximum atomic E-state index is 11.1. The van der Waals surface area contributed by atoms with Gasteiger partial charge in [0, 0.05) is 4.70 Å². The Balaban J connectivity index is 2.04. The fourth-order valence-electron chi connectivity index (χ4n) is 2.14. The molecule has 0 fully saturated rings. The fraction of sp³-hybridized carbons (Fsp3) is 0.286. The molecule has 0 spiro atoms. The van der Waals surface area contributed by atoms with Crippen molar-refractivity contribution >= 4 is 27.4 Å². The quantitative estimate of drug-likeness (QED) is 0.801. The summed E-state index contributed by atoms with van der Waals surface area (Å²) in [5.41, 5.74) is 0. The minimum Gasteiger partial charge on any atom is -0.481 e. The Hall–Kier alpha value is -2.28. The number of nitrogens with zero attached hydrogens (tertiary/aromatic N) is 4. The van der Waals surface area contributed by atoms with Gasteiger partial charge < -0.3 is 5.11 Å². The number of aliphatic carboxylic acids is 1. The van der Waals surface area contributed by atoms with Crippen LogP contribution < -0.4 is 0 Å². The monoisotopic (exact) mass is 302 g/mol. The number of hydrogen-bond donors (Lipinski definition) is 1. The molecule has 0 bridgehead atoms. The van der Waals surface area contributed by atoms with Gasteiger partial charge in [0.15, 0.2) is 5.82 Å². The largest absolute Gasteiger partial charge is 0.481 e. The van der Waals surface area contributed by atoms with Crippen molar-refractivity contribution in [2.75, 3.05) is 0 Å². The Morgan fingerprint density at radius 1 is 1.33 bits per heavy atom. The second kappa shape index (κ2) is 5.25. The van der Waals surface area contributed by atoms with Gasteiger partial charge in [0.2, 0.25) is 0 Å². The lowest BCUT2D eigenvalue weighted by molar-refractivity contribution is -0.142. The molecule has 0 saturated carbocycles. The van der Waals surface area contributed by atoms with Crippen molar-refractivity contribution in [3.63, 3.8) is 0 Å². The molecule has 21 heavy (non-hydrogen) atoms. The van der Waals surface area contributed by atoms with E-state index in [1.54, 1.807) is 22.9 Å². The molecule has 1 aromatic carbocycles. The second-order valence-corrected chi connectivity index (χ2v) is 6.05. The first-order valence-corrected chi connectivity index (χ1v) is 7.39. The molecule has 1 N–H and O–H groups in total. The highest BCUT2D eigenvalue weighted by Crippen LogP contribution is 2.33. The summed E-state index contributed by atoms with van der Waals surface area (Å²) in [6.45, 7) is 3.47. The van der Waals surface area contributed by atoms with Crippen molar-refractivity contribution in [1.82, 2.24) is 20.2 Å². The predicted molar refractivity (Wildman–Crippen MR) is 80.1 cm³/mol. The third kappa shape index (κ3) is 2.40. The van der Waals surface area contributed by atoms with E-state index in [-0.39, 0.29) is 6.04 Å². The lowest BCUT2D eigenvalue weighted by atomic mass is 10.0. The molecule has 7 heteroatoms. The summed E-state index contributed by atoms with van der Waals surface area (Å²) in [4.78, 5) is 12.1. The Bertz CT molecular complexity index is 762. The normalized spacial score (nSPS) is 14.2. The number of thiophene rings is 1. The standard InChI is InChI=1S/C14H14N4O2S/c1-8(14(19)20)9(2)18-13(15-16-17-18)12-7-10-5-3-4-6-11(10)21-12/h3-9H,1-2H3,(H,19,20). The molecule has 3 rings (SSSR count). The number of rotatable bonds is 4. The van der Waals surface area contributed by atoms with E-state index in [2.05, 4.69) is 15.5 Å². The van der Waals surface area contributed by atoms with E-state index in [0.29, 0.717) is 5.82 Å².